The highest BCUT2D eigenvalue weighted by atomic mass is 16.5. The first-order chi connectivity index (χ1) is 8.16. The van der Waals surface area contributed by atoms with E-state index in [1.807, 2.05) is 12.2 Å². The van der Waals surface area contributed by atoms with Crippen molar-refractivity contribution >= 4 is 5.97 Å². The minimum atomic E-state index is -0.237. The molecule has 2 bridgehead atoms. The molecule has 3 rings (SSSR count). The van der Waals surface area contributed by atoms with Crippen LogP contribution in [0.2, 0.25) is 0 Å². The second-order valence-electron chi connectivity index (χ2n) is 4.73. The van der Waals surface area contributed by atoms with Gasteiger partial charge >= 0.3 is 5.97 Å². The number of allylic oxidation sites excluding steroid dienone is 4. The van der Waals surface area contributed by atoms with Gasteiger partial charge in [-0.2, -0.15) is 0 Å². The quantitative estimate of drug-likeness (QED) is 0.498. The van der Waals surface area contributed by atoms with E-state index >= 15 is 0 Å². The number of rotatable bonds is 1. The van der Waals surface area contributed by atoms with E-state index in [9.17, 15) is 4.79 Å². The van der Waals surface area contributed by atoms with Gasteiger partial charge in [-0.25, -0.2) is 0 Å². The Morgan fingerprint density at radius 1 is 1.19 bits per heavy atom. The van der Waals surface area contributed by atoms with Gasteiger partial charge in [0.2, 0.25) is 0 Å². The van der Waals surface area contributed by atoms with E-state index in [-0.39, 0.29) is 30.3 Å². The zero-order chi connectivity index (χ0) is 12.0. The molecule has 0 aliphatic heterocycles. The summed E-state index contributed by atoms with van der Waals surface area (Å²) in [6.45, 7) is 1.45. The lowest BCUT2D eigenvalue weighted by Crippen LogP contribution is -2.34. The molecule has 0 saturated heterocycles. The van der Waals surface area contributed by atoms with Crippen molar-refractivity contribution in [1.29, 1.82) is 0 Å². The van der Waals surface area contributed by atoms with E-state index in [4.69, 9.17) is 6.11 Å². The van der Waals surface area contributed by atoms with Gasteiger partial charge in [0.15, 0.2) is 0 Å². The largest absolute Gasteiger partial charge is 0.458 e. The highest BCUT2D eigenvalue weighted by Crippen LogP contribution is 2.46. The molecule has 0 aromatic rings. The van der Waals surface area contributed by atoms with Gasteiger partial charge in [-0.3, -0.25) is 4.79 Å². The molecule has 0 heterocycles. The predicted octanol–water partition coefficient (Wildman–Crippen LogP) is 2.48. The Morgan fingerprint density at radius 3 is 2.69 bits per heavy atom. The summed E-state index contributed by atoms with van der Waals surface area (Å²) in [6.07, 6.45) is 12.1. The van der Waals surface area contributed by atoms with Crippen LogP contribution in [0.3, 0.4) is 0 Å². The van der Waals surface area contributed by atoms with Crippen molar-refractivity contribution in [2.24, 2.45) is 23.7 Å². The number of esters is 1. The molecule has 0 N–H and O–H groups in total. The average molecular weight is 217 g/mol. The van der Waals surface area contributed by atoms with Gasteiger partial charge < -0.3 is 4.74 Å². The standard InChI is InChI=1S/C14H16O2/c1-9(15)16-14-8-5-10-3-2-4-13(14)12-7-6-11(10)12/h2,4-8,10-14H,3H2,1H3/t10-,11+,12+,13-,14-/m1/s1/i3D/t3-,10-,11+,12+,13-,14-. The fourth-order valence-corrected chi connectivity index (χ4v) is 2.91. The van der Waals surface area contributed by atoms with Crippen LogP contribution in [0, 0.1) is 23.7 Å². The average Bonchev–Trinajstić information content (AvgIpc) is 2.37. The summed E-state index contributed by atoms with van der Waals surface area (Å²) >= 11 is 0. The third-order valence-corrected chi connectivity index (χ3v) is 3.76. The van der Waals surface area contributed by atoms with Crippen molar-refractivity contribution in [3.8, 4) is 0 Å². The van der Waals surface area contributed by atoms with Crippen LogP contribution in [-0.4, -0.2) is 12.1 Å². The van der Waals surface area contributed by atoms with Gasteiger partial charge in [0.05, 0.1) is 0 Å². The van der Waals surface area contributed by atoms with E-state index in [1.165, 1.54) is 6.92 Å². The molecule has 0 radical (unpaired) electrons. The molecule has 16 heavy (non-hydrogen) atoms. The van der Waals surface area contributed by atoms with Crippen molar-refractivity contribution in [2.75, 3.05) is 0 Å². The van der Waals surface area contributed by atoms with Gasteiger partial charge in [-0.05, 0) is 30.2 Å². The number of carbonyl (C=O) groups is 1. The Kier molecular flexibility index (Phi) is 1.99. The SMILES string of the molecule is [2H][C@@H]1C=C[C@@H]2[C@H]3C=C[C@H]3[C@H]1C=C[C@H]2OC(C)=O. The lowest BCUT2D eigenvalue weighted by Gasteiger charge is -2.36. The smallest absolute Gasteiger partial charge is 0.303 e. The zero-order valence-corrected chi connectivity index (χ0v) is 9.24. The highest BCUT2D eigenvalue weighted by molar-refractivity contribution is 5.66. The molecule has 2 heteroatoms. The van der Waals surface area contributed by atoms with E-state index in [1.54, 1.807) is 0 Å². The van der Waals surface area contributed by atoms with Crippen LogP contribution >= 0.6 is 0 Å². The van der Waals surface area contributed by atoms with Crippen LogP contribution in [-0.2, 0) is 9.53 Å². The normalized spacial score (nSPS) is 48.7. The molecule has 0 aromatic heterocycles. The van der Waals surface area contributed by atoms with Crippen molar-refractivity contribution in [2.45, 2.75) is 19.4 Å². The maximum atomic E-state index is 11.1. The number of hydrogen-bond donors (Lipinski definition) is 0. The first-order valence-corrected chi connectivity index (χ1v) is 5.81. The van der Waals surface area contributed by atoms with Crippen molar-refractivity contribution < 1.29 is 10.9 Å². The van der Waals surface area contributed by atoms with Crippen LogP contribution < -0.4 is 0 Å². The van der Waals surface area contributed by atoms with Crippen LogP contribution in [0.25, 0.3) is 0 Å². The van der Waals surface area contributed by atoms with Crippen molar-refractivity contribution in [3.05, 3.63) is 36.5 Å². The molecule has 0 unspecified atom stereocenters. The third kappa shape index (κ3) is 1.44. The monoisotopic (exact) mass is 217 g/mol. The summed E-state index contributed by atoms with van der Waals surface area (Å²) in [5, 5.41) is 0. The number of hydrogen-bond acceptors (Lipinski definition) is 2. The Bertz CT molecular complexity index is 424. The van der Waals surface area contributed by atoms with E-state index < -0.39 is 0 Å². The lowest BCUT2D eigenvalue weighted by molar-refractivity contribution is -0.146. The first kappa shape index (κ1) is 8.80. The van der Waals surface area contributed by atoms with E-state index in [0.29, 0.717) is 11.8 Å². The molecular formula is C14H16O2. The van der Waals surface area contributed by atoms with Gasteiger partial charge in [-0.15, -0.1) is 0 Å². The molecule has 3 aliphatic rings. The first-order valence-electron chi connectivity index (χ1n) is 6.39. The minimum Gasteiger partial charge on any atom is -0.458 e. The van der Waals surface area contributed by atoms with E-state index in [0.717, 1.165) is 0 Å². The Balaban J connectivity index is 1.95. The zero-order valence-electron chi connectivity index (χ0n) is 10.2. The Morgan fingerprint density at radius 2 is 2.00 bits per heavy atom. The van der Waals surface area contributed by atoms with Crippen LogP contribution in [0.5, 0.6) is 0 Å². The highest BCUT2D eigenvalue weighted by Gasteiger charge is 2.41. The summed E-state index contributed by atoms with van der Waals surface area (Å²) in [6, 6.07) is 0. The van der Waals surface area contributed by atoms with Crippen LogP contribution in [0.1, 0.15) is 14.7 Å². The second kappa shape index (κ2) is 3.62. The van der Waals surface area contributed by atoms with E-state index in [2.05, 4.69) is 24.3 Å². The van der Waals surface area contributed by atoms with Crippen molar-refractivity contribution in [3.63, 3.8) is 0 Å². The number of carbonyl (C=O) groups excluding carboxylic acids is 1. The molecule has 84 valence electrons. The lowest BCUT2D eigenvalue weighted by atomic mass is 9.69. The molecule has 0 amide bonds. The maximum Gasteiger partial charge on any atom is 0.303 e. The Labute approximate surface area is 97.1 Å². The fourth-order valence-electron chi connectivity index (χ4n) is 2.91. The topological polar surface area (TPSA) is 26.3 Å². The molecular weight excluding hydrogens is 200 g/mol. The van der Waals surface area contributed by atoms with Gasteiger partial charge in [0, 0.05) is 14.2 Å². The third-order valence-electron chi connectivity index (χ3n) is 3.76. The van der Waals surface area contributed by atoms with Crippen molar-refractivity contribution in [1.82, 2.24) is 0 Å². The summed E-state index contributed by atoms with van der Waals surface area (Å²) in [5.74, 6) is 1.05. The van der Waals surface area contributed by atoms with Crippen LogP contribution in [0.4, 0.5) is 0 Å². The molecule has 2 nitrogen and oxygen atoms in total. The summed E-state index contributed by atoms with van der Waals surface area (Å²) in [7, 11) is 0. The molecule has 3 aliphatic carbocycles. The predicted molar refractivity (Wildman–Crippen MR) is 61.6 cm³/mol. The molecule has 0 saturated carbocycles. The summed E-state index contributed by atoms with van der Waals surface area (Å²) in [4.78, 5) is 11.1. The van der Waals surface area contributed by atoms with Gasteiger partial charge in [0.1, 0.15) is 6.10 Å². The van der Waals surface area contributed by atoms with Crippen LogP contribution in [0.15, 0.2) is 36.5 Å². The number of ether oxygens (including phenoxy) is 1. The Hall–Kier alpha value is -1.31. The molecule has 0 aromatic carbocycles. The maximum absolute atomic E-state index is 11.1. The molecule has 0 fully saturated rings. The van der Waals surface area contributed by atoms with Gasteiger partial charge in [0.25, 0.3) is 0 Å². The fraction of sp³-hybridized carbons (Fsp3) is 0.500. The second-order valence-corrected chi connectivity index (χ2v) is 4.73. The molecule has 6 atom stereocenters. The summed E-state index contributed by atoms with van der Waals surface area (Å²) in [5.41, 5.74) is 0. The molecule has 0 spiro atoms. The summed E-state index contributed by atoms with van der Waals surface area (Å²) < 4.78 is 13.4. The van der Waals surface area contributed by atoms with Gasteiger partial charge in [-0.1, -0.05) is 30.4 Å². The minimum absolute atomic E-state index is 0.168.